The van der Waals surface area contributed by atoms with E-state index in [2.05, 4.69) is 0 Å². The molecule has 4 aromatic rings. The summed E-state index contributed by atoms with van der Waals surface area (Å²) in [5.74, 6) is 2.11. The van der Waals surface area contributed by atoms with Crippen LogP contribution in [-0.4, -0.2) is 8.42 Å². The van der Waals surface area contributed by atoms with E-state index in [1.54, 1.807) is 42.5 Å². The molecule has 0 amide bonds. The van der Waals surface area contributed by atoms with Gasteiger partial charge < -0.3 is 14.4 Å². The first-order valence-corrected chi connectivity index (χ1v) is 10.9. The number of fused-ring (bicyclic) bond motifs is 4. The third-order valence-corrected chi connectivity index (χ3v) is 7.10. The number of nitrogens with zero attached hydrogens (tertiary/aromatic N) is 1. The molecule has 0 N–H and O–H groups in total. The molecule has 0 bridgehead atoms. The van der Waals surface area contributed by atoms with Crippen molar-refractivity contribution < 1.29 is 17.9 Å². The number of hydrogen-bond acceptors (Lipinski definition) is 5. The number of sulfone groups is 1. The van der Waals surface area contributed by atoms with Crippen LogP contribution in [0.5, 0.6) is 23.0 Å². The SMILES string of the molecule is O=S1(=O)c2ccccc2Oc2cc(N3c4ccccc4Oc4ccccc43)ccc21. The second kappa shape index (κ2) is 6.11. The highest BCUT2D eigenvalue weighted by atomic mass is 32.2. The first-order chi connectivity index (χ1) is 14.6. The number of benzene rings is 4. The summed E-state index contributed by atoms with van der Waals surface area (Å²) in [6.45, 7) is 0. The molecule has 146 valence electrons. The summed E-state index contributed by atoms with van der Waals surface area (Å²) in [5, 5.41) is 0. The smallest absolute Gasteiger partial charge is 0.213 e. The Kier molecular flexibility index (Phi) is 3.49. The van der Waals surface area contributed by atoms with Gasteiger partial charge in [-0.1, -0.05) is 36.4 Å². The Hall–Kier alpha value is -3.77. The Morgan fingerprint density at radius 3 is 1.80 bits per heavy atom. The summed E-state index contributed by atoms with van der Waals surface area (Å²) in [6, 6.07) is 27.4. The van der Waals surface area contributed by atoms with E-state index in [-0.39, 0.29) is 9.79 Å². The van der Waals surface area contributed by atoms with Gasteiger partial charge in [0.2, 0.25) is 9.84 Å². The maximum absolute atomic E-state index is 13.1. The predicted octanol–water partition coefficient (Wildman–Crippen LogP) is 6.20. The van der Waals surface area contributed by atoms with Crippen molar-refractivity contribution in [2.45, 2.75) is 9.79 Å². The van der Waals surface area contributed by atoms with Gasteiger partial charge in [0.15, 0.2) is 11.5 Å². The molecule has 0 unspecified atom stereocenters. The quantitative estimate of drug-likeness (QED) is 0.321. The van der Waals surface area contributed by atoms with Crippen molar-refractivity contribution in [3.8, 4) is 23.0 Å². The Morgan fingerprint density at radius 2 is 1.10 bits per heavy atom. The summed E-state index contributed by atoms with van der Waals surface area (Å²) in [7, 11) is -3.64. The van der Waals surface area contributed by atoms with Crippen molar-refractivity contribution in [1.29, 1.82) is 0 Å². The van der Waals surface area contributed by atoms with Gasteiger partial charge in [-0.05, 0) is 48.5 Å². The van der Waals surface area contributed by atoms with Gasteiger partial charge in [-0.25, -0.2) is 8.42 Å². The highest BCUT2D eigenvalue weighted by Gasteiger charge is 2.33. The van der Waals surface area contributed by atoms with E-state index in [0.717, 1.165) is 28.6 Å². The van der Waals surface area contributed by atoms with Crippen molar-refractivity contribution in [3.63, 3.8) is 0 Å². The molecule has 2 aliphatic heterocycles. The van der Waals surface area contributed by atoms with E-state index in [0.29, 0.717) is 11.5 Å². The fraction of sp³-hybridized carbons (Fsp3) is 0. The van der Waals surface area contributed by atoms with Crippen LogP contribution in [0.1, 0.15) is 0 Å². The molecule has 0 radical (unpaired) electrons. The van der Waals surface area contributed by atoms with E-state index in [1.807, 2.05) is 53.4 Å². The number of hydrogen-bond donors (Lipinski definition) is 0. The van der Waals surface area contributed by atoms with E-state index in [1.165, 1.54) is 0 Å². The molecular weight excluding hydrogens is 398 g/mol. The Labute approximate surface area is 173 Å². The Morgan fingerprint density at radius 1 is 0.567 bits per heavy atom. The minimum atomic E-state index is -3.64. The molecular formula is C24H15NO4S. The molecule has 0 atom stereocenters. The lowest BCUT2D eigenvalue weighted by atomic mass is 10.1. The van der Waals surface area contributed by atoms with Crippen LogP contribution in [0.15, 0.2) is 101 Å². The zero-order valence-corrected chi connectivity index (χ0v) is 16.5. The molecule has 0 saturated heterocycles. The van der Waals surface area contributed by atoms with Crippen molar-refractivity contribution in [3.05, 3.63) is 91.0 Å². The molecule has 4 aromatic carbocycles. The standard InChI is InChI=1S/C24H15NO4S/c26-30(27)23-12-6-5-11-21(23)29-22-15-16(13-14-24(22)30)25-17-7-1-3-9-19(17)28-20-10-4-2-8-18(20)25/h1-15H. The van der Waals surface area contributed by atoms with Crippen LogP contribution in [-0.2, 0) is 9.84 Å². The molecule has 0 saturated carbocycles. The summed E-state index contributed by atoms with van der Waals surface area (Å²) in [6.07, 6.45) is 0. The van der Waals surface area contributed by atoms with Crippen LogP contribution in [0.4, 0.5) is 17.1 Å². The molecule has 30 heavy (non-hydrogen) atoms. The zero-order chi connectivity index (χ0) is 20.3. The van der Waals surface area contributed by atoms with Crippen LogP contribution >= 0.6 is 0 Å². The van der Waals surface area contributed by atoms with Gasteiger partial charge in [0, 0.05) is 6.07 Å². The lowest BCUT2D eigenvalue weighted by Gasteiger charge is -2.33. The average molecular weight is 413 g/mol. The van der Waals surface area contributed by atoms with Crippen LogP contribution in [0.3, 0.4) is 0 Å². The summed E-state index contributed by atoms with van der Waals surface area (Å²) in [4.78, 5) is 2.40. The number of rotatable bonds is 1. The number of anilines is 3. The number of para-hydroxylation sites is 5. The minimum absolute atomic E-state index is 0.166. The second-order valence-corrected chi connectivity index (χ2v) is 8.94. The van der Waals surface area contributed by atoms with Crippen molar-refractivity contribution >= 4 is 26.9 Å². The fourth-order valence-corrected chi connectivity index (χ4v) is 5.40. The Balaban J connectivity index is 1.55. The van der Waals surface area contributed by atoms with Crippen molar-refractivity contribution in [1.82, 2.24) is 0 Å². The highest BCUT2D eigenvalue weighted by molar-refractivity contribution is 7.91. The molecule has 2 heterocycles. The molecule has 0 aliphatic carbocycles. The predicted molar refractivity (Wildman–Crippen MR) is 113 cm³/mol. The number of ether oxygens (including phenoxy) is 2. The molecule has 0 aromatic heterocycles. The van der Waals surface area contributed by atoms with Gasteiger partial charge in [0.05, 0.1) is 17.1 Å². The van der Waals surface area contributed by atoms with E-state index in [4.69, 9.17) is 9.47 Å². The van der Waals surface area contributed by atoms with Crippen LogP contribution in [0.25, 0.3) is 0 Å². The van der Waals surface area contributed by atoms with E-state index in [9.17, 15) is 8.42 Å². The van der Waals surface area contributed by atoms with Gasteiger partial charge in [-0.15, -0.1) is 0 Å². The summed E-state index contributed by atoms with van der Waals surface area (Å²) in [5.41, 5.74) is 2.52. The summed E-state index contributed by atoms with van der Waals surface area (Å²) < 4.78 is 38.2. The van der Waals surface area contributed by atoms with Gasteiger partial charge in [0.1, 0.15) is 21.3 Å². The van der Waals surface area contributed by atoms with Gasteiger partial charge >= 0.3 is 0 Å². The molecule has 6 rings (SSSR count). The fourth-order valence-electron chi connectivity index (χ4n) is 3.91. The van der Waals surface area contributed by atoms with Gasteiger partial charge in [-0.3, -0.25) is 0 Å². The van der Waals surface area contributed by atoms with Crippen LogP contribution < -0.4 is 14.4 Å². The molecule has 2 aliphatic rings. The first kappa shape index (κ1) is 17.1. The largest absolute Gasteiger partial charge is 0.455 e. The van der Waals surface area contributed by atoms with Crippen molar-refractivity contribution in [2.75, 3.05) is 4.90 Å². The highest BCUT2D eigenvalue weighted by Crippen LogP contribution is 2.52. The maximum atomic E-state index is 13.1. The molecule has 0 fully saturated rings. The third kappa shape index (κ3) is 2.37. The maximum Gasteiger partial charge on any atom is 0.213 e. The third-order valence-electron chi connectivity index (χ3n) is 5.27. The van der Waals surface area contributed by atoms with Gasteiger partial charge in [-0.2, -0.15) is 0 Å². The van der Waals surface area contributed by atoms with E-state index >= 15 is 0 Å². The molecule has 6 heteroatoms. The average Bonchev–Trinajstić information content (AvgIpc) is 2.77. The minimum Gasteiger partial charge on any atom is -0.455 e. The van der Waals surface area contributed by atoms with E-state index < -0.39 is 9.84 Å². The summed E-state index contributed by atoms with van der Waals surface area (Å²) >= 11 is 0. The molecule has 0 spiro atoms. The second-order valence-electron chi connectivity index (χ2n) is 7.06. The normalized spacial score (nSPS) is 15.0. The Bertz CT molecular complexity index is 1380. The lowest BCUT2D eigenvalue weighted by Crippen LogP contribution is -2.17. The molecule has 5 nitrogen and oxygen atoms in total. The van der Waals surface area contributed by atoms with Gasteiger partial charge in [0.25, 0.3) is 0 Å². The topological polar surface area (TPSA) is 55.8 Å². The lowest BCUT2D eigenvalue weighted by molar-refractivity contribution is 0.443. The van der Waals surface area contributed by atoms with Crippen molar-refractivity contribution in [2.24, 2.45) is 0 Å². The van der Waals surface area contributed by atoms with Crippen LogP contribution in [0, 0.1) is 0 Å². The zero-order valence-electron chi connectivity index (χ0n) is 15.6. The monoisotopic (exact) mass is 413 g/mol. The first-order valence-electron chi connectivity index (χ1n) is 9.45. The van der Waals surface area contributed by atoms with Crippen LogP contribution in [0.2, 0.25) is 0 Å².